The molecule has 4 aromatic rings. The molecule has 1 aromatic carbocycles. The molecule has 3 N–H and O–H groups in total. The Morgan fingerprint density at radius 3 is 2.11 bits per heavy atom. The van der Waals surface area contributed by atoms with Crippen LogP contribution in [0.3, 0.4) is 0 Å². The first-order chi connectivity index (χ1) is 26.1. The molecule has 13 nitrogen and oxygen atoms in total. The van der Waals surface area contributed by atoms with Crippen LogP contribution in [0.4, 0.5) is 11.6 Å². The number of hydrogen-bond acceptors (Lipinski definition) is 11. The lowest BCUT2D eigenvalue weighted by molar-refractivity contribution is -0.117. The monoisotopic (exact) mass is 830 g/mol. The molecule has 1 aliphatic rings. The van der Waals surface area contributed by atoms with E-state index >= 15 is 0 Å². The molecular formula is C41H62N8O5Si3. The average Bonchev–Trinajstić information content (AvgIpc) is 3.66. The predicted molar refractivity (Wildman–Crippen MR) is 232 cm³/mol. The zero-order chi connectivity index (χ0) is 42.6. The predicted octanol–water partition coefficient (Wildman–Crippen LogP) is 8.02. The molecule has 0 bridgehead atoms. The van der Waals surface area contributed by atoms with Gasteiger partial charge in [-0.05, 0) is 91.5 Å². The maximum Gasteiger partial charge on any atom is 0.249 e. The van der Waals surface area contributed by atoms with E-state index in [0.717, 1.165) is 0 Å². The standard InChI is InChI=1S/C41H62N8O5Si3/c1-37(2,3)55-54-40(10,11)33-32(52-56(12,13)38(4,5)6)34(53-57(14,15)39(7,8)9)41(24-42,51-33)30-20-19-29-31(46-25-47-49(29)30)28-23-26(17-18-27(28)35(43)50)48-36-44-21-16-22-45-36/h16-23,25,32-34H,55H2,1-15H3,(H2,43,50)(H,44,45,48). The molecule has 0 radical (unpaired) electrons. The third-order valence-electron chi connectivity index (χ3n) is 11.7. The van der Waals surface area contributed by atoms with E-state index in [2.05, 4.69) is 115 Å². The highest BCUT2D eigenvalue weighted by molar-refractivity contribution is 6.74. The molecule has 4 unspecified atom stereocenters. The van der Waals surface area contributed by atoms with Gasteiger partial charge in [0.2, 0.25) is 17.5 Å². The number of ether oxygens (including phenoxy) is 1. The average molecular weight is 831 g/mol. The van der Waals surface area contributed by atoms with E-state index < -0.39 is 61.8 Å². The number of nitrogens with two attached hydrogens (primary N) is 1. The second-order valence-electron chi connectivity index (χ2n) is 19.9. The lowest BCUT2D eigenvalue weighted by atomic mass is 9.89. The summed E-state index contributed by atoms with van der Waals surface area (Å²) in [5.74, 6) is -0.239. The van der Waals surface area contributed by atoms with Crippen molar-refractivity contribution in [2.45, 2.75) is 147 Å². The van der Waals surface area contributed by atoms with Crippen LogP contribution in [-0.2, 0) is 23.6 Å². The summed E-state index contributed by atoms with van der Waals surface area (Å²) in [5, 5.41) is 19.2. The molecular weight excluding hydrogens is 769 g/mol. The zero-order valence-electron chi connectivity index (χ0n) is 36.4. The Labute approximate surface area is 342 Å². The second-order valence-corrected chi connectivity index (χ2v) is 32.1. The number of anilines is 2. The van der Waals surface area contributed by atoms with Gasteiger partial charge in [0.05, 0.1) is 22.5 Å². The first-order valence-electron chi connectivity index (χ1n) is 19.5. The van der Waals surface area contributed by atoms with Crippen molar-refractivity contribution >= 4 is 49.5 Å². The van der Waals surface area contributed by atoms with E-state index in [1.807, 2.05) is 26.0 Å². The molecule has 1 fully saturated rings. The van der Waals surface area contributed by atoms with Crippen molar-refractivity contribution in [1.82, 2.24) is 24.6 Å². The van der Waals surface area contributed by atoms with Gasteiger partial charge >= 0.3 is 0 Å². The van der Waals surface area contributed by atoms with Crippen LogP contribution in [0.2, 0.25) is 41.3 Å². The Kier molecular flexibility index (Phi) is 12.0. The fraction of sp³-hybridized carbons (Fsp3) is 0.561. The number of nitrogens with zero attached hydrogens (tertiary/aromatic N) is 6. The Hall–Kier alpha value is -3.83. The van der Waals surface area contributed by atoms with E-state index in [4.69, 9.17) is 28.8 Å². The number of benzene rings is 1. The van der Waals surface area contributed by atoms with Crippen LogP contribution < -0.4 is 11.1 Å². The van der Waals surface area contributed by atoms with Gasteiger partial charge in [-0.2, -0.15) is 10.4 Å². The van der Waals surface area contributed by atoms with Gasteiger partial charge in [0, 0.05) is 29.2 Å². The van der Waals surface area contributed by atoms with Crippen molar-refractivity contribution in [3.8, 4) is 17.3 Å². The highest BCUT2D eigenvalue weighted by Gasteiger charge is 2.66. The summed E-state index contributed by atoms with van der Waals surface area (Å²) in [6, 6.07) is 13.2. The van der Waals surface area contributed by atoms with Crippen molar-refractivity contribution < 1.29 is 22.8 Å². The topological polar surface area (TPSA) is 172 Å². The Morgan fingerprint density at radius 2 is 1.54 bits per heavy atom. The van der Waals surface area contributed by atoms with E-state index in [-0.39, 0.29) is 20.7 Å². The summed E-state index contributed by atoms with van der Waals surface area (Å²) in [6.07, 6.45) is 2.46. The summed E-state index contributed by atoms with van der Waals surface area (Å²) < 4.78 is 30.6. The highest BCUT2D eigenvalue weighted by Crippen LogP contribution is 2.52. The maximum atomic E-state index is 12.9. The number of nitrogens with one attached hydrogen (secondary N) is 1. The van der Waals surface area contributed by atoms with E-state index in [0.29, 0.717) is 34.1 Å². The maximum absolute atomic E-state index is 12.9. The first-order valence-corrected chi connectivity index (χ1v) is 26.6. The number of carbonyl (C=O) groups excluding carboxylic acids is 1. The molecule has 0 spiro atoms. The van der Waals surface area contributed by atoms with Gasteiger partial charge in [0.15, 0.2) is 26.4 Å². The van der Waals surface area contributed by atoms with Gasteiger partial charge in [0.1, 0.15) is 30.7 Å². The summed E-state index contributed by atoms with van der Waals surface area (Å²) in [5.41, 5.74) is 6.15. The lowest BCUT2D eigenvalue weighted by Crippen LogP contribution is -2.58. The van der Waals surface area contributed by atoms with Gasteiger partial charge < -0.3 is 29.1 Å². The van der Waals surface area contributed by atoms with Crippen molar-refractivity contribution in [3.05, 3.63) is 66.4 Å². The molecule has 0 saturated carbocycles. The zero-order valence-corrected chi connectivity index (χ0v) is 39.9. The Balaban J connectivity index is 1.76. The van der Waals surface area contributed by atoms with Crippen LogP contribution in [0, 0.1) is 11.3 Å². The van der Waals surface area contributed by atoms with Gasteiger partial charge in [-0.15, -0.1) is 0 Å². The third-order valence-corrected chi connectivity index (χ3v) is 22.4. The quantitative estimate of drug-likeness (QED) is 0.133. The van der Waals surface area contributed by atoms with Crippen molar-refractivity contribution in [2.24, 2.45) is 5.73 Å². The summed E-state index contributed by atoms with van der Waals surface area (Å²) in [6.45, 7) is 32.6. The van der Waals surface area contributed by atoms with Crippen LogP contribution in [0.5, 0.6) is 0 Å². The molecule has 57 heavy (non-hydrogen) atoms. The number of rotatable bonds is 12. The highest BCUT2D eigenvalue weighted by atomic mass is 28.4. The van der Waals surface area contributed by atoms with Crippen LogP contribution >= 0.6 is 0 Å². The smallest absolute Gasteiger partial charge is 0.249 e. The molecule has 3 aromatic heterocycles. The molecule has 16 heteroatoms. The number of nitriles is 1. The first kappa shape index (κ1) is 44.3. The molecule has 4 heterocycles. The van der Waals surface area contributed by atoms with Crippen molar-refractivity contribution in [3.63, 3.8) is 0 Å². The van der Waals surface area contributed by atoms with Crippen molar-refractivity contribution in [2.75, 3.05) is 5.32 Å². The van der Waals surface area contributed by atoms with Crippen LogP contribution in [0.15, 0.2) is 55.1 Å². The second kappa shape index (κ2) is 15.4. The van der Waals surface area contributed by atoms with Crippen LogP contribution in [-0.4, -0.2) is 80.8 Å². The minimum Gasteiger partial charge on any atom is -0.416 e. The largest absolute Gasteiger partial charge is 0.416 e. The molecule has 5 rings (SSSR count). The lowest BCUT2D eigenvalue weighted by Gasteiger charge is -2.46. The summed E-state index contributed by atoms with van der Waals surface area (Å²) in [4.78, 5) is 26.1. The summed E-state index contributed by atoms with van der Waals surface area (Å²) in [7, 11) is -6.20. The summed E-state index contributed by atoms with van der Waals surface area (Å²) >= 11 is 0. The van der Waals surface area contributed by atoms with Crippen LogP contribution in [0.1, 0.15) is 92.2 Å². The number of carbonyl (C=O) groups is 1. The van der Waals surface area contributed by atoms with Gasteiger partial charge in [-0.1, -0.05) is 62.3 Å². The molecule has 1 saturated heterocycles. The molecule has 308 valence electrons. The van der Waals surface area contributed by atoms with E-state index in [9.17, 15) is 10.1 Å². The Morgan fingerprint density at radius 1 is 0.930 bits per heavy atom. The molecule has 0 aliphatic carbocycles. The fourth-order valence-corrected chi connectivity index (χ4v) is 9.87. The normalized spacial score (nSPS) is 21.3. The SMILES string of the molecule is CC(C)(C)[SiH2]OC(C)(C)C1OC(C#N)(c2ccc3c(-c4cc(Nc5ncccn5)ccc4C(N)=O)ncnn23)C(O[Si](C)(C)C(C)(C)C)C1O[Si](C)(C)C(C)(C)C. The van der Waals surface area contributed by atoms with E-state index in [1.54, 1.807) is 41.2 Å². The molecule has 1 amide bonds. The minimum absolute atomic E-state index is 0.00474. The number of primary amides is 1. The fourth-order valence-electron chi connectivity index (χ4n) is 6.33. The number of hydrogen-bond donors (Lipinski definition) is 2. The third kappa shape index (κ3) is 8.94. The van der Waals surface area contributed by atoms with Crippen molar-refractivity contribution in [1.29, 1.82) is 5.26 Å². The number of aromatic nitrogens is 5. The van der Waals surface area contributed by atoms with Gasteiger partial charge in [0.25, 0.3) is 0 Å². The Bertz CT molecular complexity index is 2130. The van der Waals surface area contributed by atoms with Crippen LogP contribution in [0.25, 0.3) is 16.8 Å². The molecule has 1 aliphatic heterocycles. The number of fused-ring (bicyclic) bond motifs is 1. The number of amides is 1. The van der Waals surface area contributed by atoms with Gasteiger partial charge in [-0.3, -0.25) is 4.79 Å². The van der Waals surface area contributed by atoms with Gasteiger partial charge in [-0.25, -0.2) is 19.5 Å². The molecule has 4 atom stereocenters. The van der Waals surface area contributed by atoms with E-state index in [1.165, 1.54) is 6.33 Å². The minimum atomic E-state index is -2.62.